The van der Waals surface area contributed by atoms with Crippen molar-refractivity contribution in [1.82, 2.24) is 0 Å². The SMILES string of the molecule is CCCCN=NC(C)CC. The van der Waals surface area contributed by atoms with Crippen molar-refractivity contribution in [2.75, 3.05) is 6.54 Å². The second-order valence-corrected chi connectivity index (χ2v) is 2.59. The van der Waals surface area contributed by atoms with Crippen molar-refractivity contribution in [2.24, 2.45) is 10.2 Å². The van der Waals surface area contributed by atoms with E-state index in [-0.39, 0.29) is 0 Å². The van der Waals surface area contributed by atoms with Crippen LogP contribution in [-0.4, -0.2) is 12.6 Å². The van der Waals surface area contributed by atoms with Crippen LogP contribution >= 0.6 is 0 Å². The van der Waals surface area contributed by atoms with E-state index in [2.05, 4.69) is 31.0 Å². The molecule has 0 aromatic carbocycles. The Morgan fingerprint density at radius 2 is 2.00 bits per heavy atom. The first-order valence-corrected chi connectivity index (χ1v) is 4.17. The Bertz CT molecular complexity index is 89.3. The van der Waals surface area contributed by atoms with Gasteiger partial charge in [-0.05, 0) is 19.8 Å². The van der Waals surface area contributed by atoms with Crippen LogP contribution < -0.4 is 0 Å². The second-order valence-electron chi connectivity index (χ2n) is 2.59. The first-order valence-electron chi connectivity index (χ1n) is 4.17. The molecule has 0 spiro atoms. The quantitative estimate of drug-likeness (QED) is 0.416. The lowest BCUT2D eigenvalue weighted by molar-refractivity contribution is 0.644. The van der Waals surface area contributed by atoms with Crippen molar-refractivity contribution >= 4 is 0 Å². The van der Waals surface area contributed by atoms with Crippen LogP contribution in [0.4, 0.5) is 0 Å². The number of rotatable bonds is 5. The fourth-order valence-electron chi connectivity index (χ4n) is 0.508. The Morgan fingerprint density at radius 1 is 1.30 bits per heavy atom. The normalized spacial score (nSPS) is 14.3. The summed E-state index contributed by atoms with van der Waals surface area (Å²) in [6.45, 7) is 7.29. The van der Waals surface area contributed by atoms with Gasteiger partial charge in [0.15, 0.2) is 0 Å². The summed E-state index contributed by atoms with van der Waals surface area (Å²) >= 11 is 0. The maximum atomic E-state index is 4.11. The molecule has 0 fully saturated rings. The predicted molar refractivity (Wildman–Crippen MR) is 44.4 cm³/mol. The summed E-state index contributed by atoms with van der Waals surface area (Å²) in [6, 6.07) is 0.414. The molecule has 0 aliphatic heterocycles. The highest BCUT2D eigenvalue weighted by molar-refractivity contribution is 4.51. The maximum Gasteiger partial charge on any atom is 0.0677 e. The van der Waals surface area contributed by atoms with Crippen LogP contribution in [-0.2, 0) is 0 Å². The Hall–Kier alpha value is -0.400. The molecule has 0 saturated heterocycles. The molecule has 1 atom stereocenters. The summed E-state index contributed by atoms with van der Waals surface area (Å²) in [7, 11) is 0. The van der Waals surface area contributed by atoms with Crippen LogP contribution in [0.15, 0.2) is 10.2 Å². The van der Waals surface area contributed by atoms with E-state index in [1.165, 1.54) is 12.8 Å². The number of unbranched alkanes of at least 4 members (excludes halogenated alkanes) is 1. The van der Waals surface area contributed by atoms with Gasteiger partial charge in [0.05, 0.1) is 12.6 Å². The van der Waals surface area contributed by atoms with Crippen LogP contribution in [0.5, 0.6) is 0 Å². The maximum absolute atomic E-state index is 4.11. The van der Waals surface area contributed by atoms with Gasteiger partial charge in [-0.2, -0.15) is 10.2 Å². The van der Waals surface area contributed by atoms with Gasteiger partial charge in [-0.25, -0.2) is 0 Å². The van der Waals surface area contributed by atoms with Crippen LogP contribution in [0.3, 0.4) is 0 Å². The molecule has 10 heavy (non-hydrogen) atoms. The van der Waals surface area contributed by atoms with Gasteiger partial charge in [0, 0.05) is 0 Å². The van der Waals surface area contributed by atoms with E-state index in [1.807, 2.05) is 0 Å². The van der Waals surface area contributed by atoms with E-state index < -0.39 is 0 Å². The molecule has 0 aliphatic carbocycles. The zero-order valence-corrected chi connectivity index (χ0v) is 7.30. The van der Waals surface area contributed by atoms with Crippen molar-refractivity contribution in [3.63, 3.8) is 0 Å². The molecule has 0 bridgehead atoms. The average molecular weight is 142 g/mol. The summed E-state index contributed by atoms with van der Waals surface area (Å²) in [6.07, 6.45) is 3.47. The highest BCUT2D eigenvalue weighted by atomic mass is 15.1. The third-order valence-electron chi connectivity index (χ3n) is 1.48. The summed E-state index contributed by atoms with van der Waals surface area (Å²) in [5.74, 6) is 0. The Kier molecular flexibility index (Phi) is 6.45. The third-order valence-corrected chi connectivity index (χ3v) is 1.48. The molecule has 0 heterocycles. The average Bonchev–Trinajstić information content (AvgIpc) is 1.98. The first-order chi connectivity index (χ1) is 4.81. The zero-order valence-electron chi connectivity index (χ0n) is 7.30. The van der Waals surface area contributed by atoms with Gasteiger partial charge in [0.2, 0.25) is 0 Å². The molecule has 0 aliphatic rings. The first kappa shape index (κ1) is 9.60. The summed E-state index contributed by atoms with van der Waals surface area (Å²) in [5, 5.41) is 8.16. The number of azo groups is 1. The molecule has 0 N–H and O–H groups in total. The highest BCUT2D eigenvalue weighted by Gasteiger charge is 1.90. The lowest BCUT2D eigenvalue weighted by Crippen LogP contribution is -1.92. The van der Waals surface area contributed by atoms with Gasteiger partial charge in [0.1, 0.15) is 0 Å². The topological polar surface area (TPSA) is 24.7 Å². The molecule has 0 rings (SSSR count). The van der Waals surface area contributed by atoms with E-state index in [4.69, 9.17) is 0 Å². The molecule has 0 aromatic rings. The predicted octanol–water partition coefficient (Wildman–Crippen LogP) is 3.04. The standard InChI is InChI=1S/C8H18N2/c1-4-6-7-9-10-8(3)5-2/h8H,4-7H2,1-3H3. The lowest BCUT2D eigenvalue weighted by Gasteiger charge is -1.97. The van der Waals surface area contributed by atoms with Gasteiger partial charge < -0.3 is 0 Å². The second kappa shape index (κ2) is 6.72. The van der Waals surface area contributed by atoms with E-state index in [9.17, 15) is 0 Å². The third kappa shape index (κ3) is 5.73. The van der Waals surface area contributed by atoms with Crippen molar-refractivity contribution in [2.45, 2.75) is 46.1 Å². The minimum atomic E-state index is 0.414. The summed E-state index contributed by atoms with van der Waals surface area (Å²) < 4.78 is 0. The van der Waals surface area contributed by atoms with Gasteiger partial charge in [0.25, 0.3) is 0 Å². The smallest absolute Gasteiger partial charge is 0.0677 e. The van der Waals surface area contributed by atoms with E-state index >= 15 is 0 Å². The monoisotopic (exact) mass is 142 g/mol. The summed E-state index contributed by atoms with van der Waals surface area (Å²) in [5.41, 5.74) is 0. The van der Waals surface area contributed by atoms with Gasteiger partial charge in [-0.3, -0.25) is 0 Å². The molecule has 0 amide bonds. The zero-order chi connectivity index (χ0) is 7.82. The Labute approximate surface area is 63.7 Å². The summed E-state index contributed by atoms with van der Waals surface area (Å²) in [4.78, 5) is 0. The van der Waals surface area contributed by atoms with Crippen molar-refractivity contribution in [1.29, 1.82) is 0 Å². The largest absolute Gasteiger partial charge is 0.194 e. The van der Waals surface area contributed by atoms with E-state index in [1.54, 1.807) is 0 Å². The number of nitrogens with zero attached hydrogens (tertiary/aromatic N) is 2. The fourth-order valence-corrected chi connectivity index (χ4v) is 0.508. The molecular weight excluding hydrogens is 124 g/mol. The molecule has 0 aromatic heterocycles. The lowest BCUT2D eigenvalue weighted by atomic mass is 10.3. The molecular formula is C8H18N2. The highest BCUT2D eigenvalue weighted by Crippen LogP contribution is 1.96. The Balaban J connectivity index is 3.18. The van der Waals surface area contributed by atoms with Gasteiger partial charge >= 0.3 is 0 Å². The van der Waals surface area contributed by atoms with Crippen LogP contribution in [0.25, 0.3) is 0 Å². The molecule has 1 unspecified atom stereocenters. The number of hydrogen-bond acceptors (Lipinski definition) is 2. The number of hydrogen-bond donors (Lipinski definition) is 0. The van der Waals surface area contributed by atoms with Crippen LogP contribution in [0, 0.1) is 0 Å². The van der Waals surface area contributed by atoms with E-state index in [0.717, 1.165) is 13.0 Å². The molecule has 2 nitrogen and oxygen atoms in total. The van der Waals surface area contributed by atoms with Crippen molar-refractivity contribution in [3.8, 4) is 0 Å². The van der Waals surface area contributed by atoms with Gasteiger partial charge in [-0.15, -0.1) is 0 Å². The van der Waals surface area contributed by atoms with Crippen LogP contribution in [0.2, 0.25) is 0 Å². The van der Waals surface area contributed by atoms with E-state index in [0.29, 0.717) is 6.04 Å². The molecule has 2 heteroatoms. The van der Waals surface area contributed by atoms with Crippen molar-refractivity contribution < 1.29 is 0 Å². The van der Waals surface area contributed by atoms with Crippen molar-refractivity contribution in [3.05, 3.63) is 0 Å². The van der Waals surface area contributed by atoms with Gasteiger partial charge in [-0.1, -0.05) is 20.3 Å². The molecule has 0 radical (unpaired) electrons. The Morgan fingerprint density at radius 3 is 2.50 bits per heavy atom. The van der Waals surface area contributed by atoms with Crippen LogP contribution in [0.1, 0.15) is 40.0 Å². The molecule has 60 valence electrons. The fraction of sp³-hybridized carbons (Fsp3) is 1.00. The minimum absolute atomic E-state index is 0.414. The molecule has 0 saturated carbocycles. The minimum Gasteiger partial charge on any atom is -0.194 e.